The summed E-state index contributed by atoms with van der Waals surface area (Å²) in [5.41, 5.74) is -0.201. The monoisotopic (exact) mass is 435 g/mol. The molecule has 2 aromatic rings. The quantitative estimate of drug-likeness (QED) is 0.610. The zero-order valence-electron chi connectivity index (χ0n) is 17.4. The molecule has 7 nitrogen and oxygen atoms in total. The minimum atomic E-state index is -1.92. The van der Waals surface area contributed by atoms with Gasteiger partial charge in [0.2, 0.25) is 0 Å². The number of carboxylic acids is 2. The molecule has 2 aliphatic rings. The third-order valence-electron chi connectivity index (χ3n) is 6.67. The number of carbonyl (C=O) groups excluding carboxylic acids is 1. The molecule has 0 aliphatic heterocycles. The van der Waals surface area contributed by atoms with Crippen LogP contribution >= 0.6 is 0 Å². The number of benzene rings is 2. The molecule has 1 amide bonds. The Bertz CT molecular complexity index is 1020. The number of aliphatic carboxylic acids is 2. The normalized spacial score (nSPS) is 28.5. The summed E-state index contributed by atoms with van der Waals surface area (Å²) >= 11 is 0. The number of amides is 1. The van der Waals surface area contributed by atoms with Gasteiger partial charge in [0.15, 0.2) is 5.54 Å². The molecule has 4 rings (SSSR count). The van der Waals surface area contributed by atoms with E-state index in [-0.39, 0.29) is 18.4 Å². The molecule has 2 saturated carbocycles. The third kappa shape index (κ3) is 3.98. The molecule has 5 atom stereocenters. The Morgan fingerprint density at radius 3 is 2.28 bits per heavy atom. The van der Waals surface area contributed by atoms with Gasteiger partial charge in [0.25, 0.3) is 0 Å². The van der Waals surface area contributed by atoms with Crippen LogP contribution in [-0.4, -0.2) is 33.8 Å². The van der Waals surface area contributed by atoms with Gasteiger partial charge in [-0.2, -0.15) is 0 Å². The first-order valence-corrected chi connectivity index (χ1v) is 10.6. The van der Waals surface area contributed by atoms with Gasteiger partial charge < -0.3 is 20.3 Å². The van der Waals surface area contributed by atoms with Gasteiger partial charge in [0.1, 0.15) is 6.61 Å². The van der Waals surface area contributed by atoms with E-state index in [1.165, 1.54) is 0 Å². The zero-order valence-corrected chi connectivity index (χ0v) is 17.4. The Labute approximate surface area is 185 Å². The predicted octanol–water partition coefficient (Wildman–Crippen LogP) is 3.81. The van der Waals surface area contributed by atoms with Crippen LogP contribution in [0.15, 0.2) is 66.7 Å². The molecule has 2 fully saturated rings. The lowest BCUT2D eigenvalue weighted by Gasteiger charge is -2.41. The summed E-state index contributed by atoms with van der Waals surface area (Å²) in [6.45, 7) is -0.0362. The average molecular weight is 435 g/mol. The highest BCUT2D eigenvalue weighted by Crippen LogP contribution is 2.58. The summed E-state index contributed by atoms with van der Waals surface area (Å²) in [7, 11) is 0. The molecular formula is C25H25NO6. The lowest BCUT2D eigenvalue weighted by atomic mass is 9.68. The van der Waals surface area contributed by atoms with E-state index in [9.17, 15) is 24.6 Å². The van der Waals surface area contributed by atoms with Crippen LogP contribution in [0, 0.1) is 23.7 Å². The zero-order chi connectivity index (χ0) is 22.7. The van der Waals surface area contributed by atoms with Gasteiger partial charge in [-0.1, -0.05) is 72.8 Å². The number of carboxylic acid groups (broad SMARTS) is 2. The summed E-state index contributed by atoms with van der Waals surface area (Å²) in [4.78, 5) is 37.2. The first kappa shape index (κ1) is 21.6. The summed E-state index contributed by atoms with van der Waals surface area (Å²) in [5, 5.41) is 22.5. The van der Waals surface area contributed by atoms with Gasteiger partial charge in [-0.3, -0.25) is 4.79 Å². The molecule has 0 spiro atoms. The third-order valence-corrected chi connectivity index (χ3v) is 6.67. The van der Waals surface area contributed by atoms with E-state index in [1.54, 1.807) is 24.3 Å². The Balaban J connectivity index is 1.57. The smallest absolute Gasteiger partial charge is 0.408 e. The van der Waals surface area contributed by atoms with Gasteiger partial charge in [0, 0.05) is 5.92 Å². The largest absolute Gasteiger partial charge is 0.481 e. The van der Waals surface area contributed by atoms with Gasteiger partial charge in [-0.15, -0.1) is 0 Å². The fourth-order valence-electron chi connectivity index (χ4n) is 5.36. The molecule has 0 unspecified atom stereocenters. The van der Waals surface area contributed by atoms with Crippen molar-refractivity contribution in [3.05, 3.63) is 77.9 Å². The fourth-order valence-corrected chi connectivity index (χ4v) is 5.36. The van der Waals surface area contributed by atoms with Crippen molar-refractivity contribution >= 4 is 24.1 Å². The summed E-state index contributed by atoms with van der Waals surface area (Å²) in [5.74, 6) is -4.82. The molecule has 2 aromatic carbocycles. The first-order valence-electron chi connectivity index (χ1n) is 10.6. The summed E-state index contributed by atoms with van der Waals surface area (Å²) < 4.78 is 5.24. The predicted molar refractivity (Wildman–Crippen MR) is 116 cm³/mol. The van der Waals surface area contributed by atoms with Crippen LogP contribution in [-0.2, 0) is 20.9 Å². The summed E-state index contributed by atoms with van der Waals surface area (Å²) in [6.07, 6.45) is 3.92. The first-order chi connectivity index (χ1) is 15.4. The number of ether oxygens (including phenoxy) is 1. The van der Waals surface area contributed by atoms with Crippen LogP contribution in [0.5, 0.6) is 0 Å². The lowest BCUT2D eigenvalue weighted by molar-refractivity contribution is -0.161. The maximum Gasteiger partial charge on any atom is 0.408 e. The highest BCUT2D eigenvalue weighted by atomic mass is 16.5. The maximum atomic E-state index is 12.6. The second-order valence-electron chi connectivity index (χ2n) is 8.45. The van der Waals surface area contributed by atoms with Gasteiger partial charge in [-0.05, 0) is 35.8 Å². The van der Waals surface area contributed by atoms with Crippen molar-refractivity contribution in [2.45, 2.75) is 25.0 Å². The second kappa shape index (κ2) is 8.86. The Morgan fingerprint density at radius 1 is 1.00 bits per heavy atom. The number of hydrogen-bond donors (Lipinski definition) is 3. The van der Waals surface area contributed by atoms with Crippen LogP contribution < -0.4 is 5.32 Å². The van der Waals surface area contributed by atoms with Crippen molar-refractivity contribution in [3.63, 3.8) is 0 Å². The van der Waals surface area contributed by atoms with Crippen molar-refractivity contribution in [1.29, 1.82) is 0 Å². The number of hydrogen-bond acceptors (Lipinski definition) is 4. The van der Waals surface area contributed by atoms with Crippen LogP contribution in [0.2, 0.25) is 0 Å². The molecule has 7 heteroatoms. The molecule has 0 aromatic heterocycles. The Morgan fingerprint density at radius 2 is 1.66 bits per heavy atom. The van der Waals surface area contributed by atoms with Crippen LogP contribution in [0.1, 0.15) is 24.0 Å². The topological polar surface area (TPSA) is 113 Å². The molecule has 0 heterocycles. The molecule has 3 N–H and O–H groups in total. The van der Waals surface area contributed by atoms with E-state index in [0.29, 0.717) is 12.8 Å². The van der Waals surface area contributed by atoms with E-state index in [1.807, 2.05) is 48.6 Å². The van der Waals surface area contributed by atoms with Gasteiger partial charge >= 0.3 is 18.0 Å². The standard InChI is InChI=1S/C25H25NO6/c27-22(28)21-19-13-18(12-11-16-7-3-1-4-8-16)20(14-19)25(21,23(29)30)26-24(31)32-15-17-9-5-2-6-10-17/h1-12,18-21H,13-15H2,(H,26,31)(H,27,28)(H,29,30)/b12-11+/t18-,19-,20-,21+,25+/m1/s1. The minimum Gasteiger partial charge on any atom is -0.481 e. The SMILES string of the molecule is O=C(N[C@@]1(C(=O)O)[C@@H]2C[C@@H](C[C@H]2/C=C/c2ccccc2)[C@H]1C(=O)O)OCc1ccccc1. The van der Waals surface area contributed by atoms with E-state index in [2.05, 4.69) is 5.32 Å². The maximum absolute atomic E-state index is 12.6. The number of fused-ring (bicyclic) bond motifs is 2. The Kier molecular flexibility index (Phi) is 5.99. The molecule has 0 radical (unpaired) electrons. The number of rotatable bonds is 7. The molecule has 166 valence electrons. The van der Waals surface area contributed by atoms with Crippen molar-refractivity contribution in [2.24, 2.45) is 23.7 Å². The summed E-state index contributed by atoms with van der Waals surface area (Å²) in [6, 6.07) is 18.6. The molecule has 2 bridgehead atoms. The van der Waals surface area contributed by atoms with Crippen molar-refractivity contribution in [2.75, 3.05) is 0 Å². The number of allylic oxidation sites excluding steroid dienone is 1. The second-order valence-corrected chi connectivity index (χ2v) is 8.45. The number of alkyl carbamates (subject to hydrolysis) is 1. The fraction of sp³-hybridized carbons (Fsp3) is 0.320. The highest BCUT2D eigenvalue weighted by Gasteiger charge is 2.69. The molecule has 0 saturated heterocycles. The molecule has 32 heavy (non-hydrogen) atoms. The van der Waals surface area contributed by atoms with E-state index >= 15 is 0 Å². The number of nitrogens with one attached hydrogen (secondary N) is 1. The molecular weight excluding hydrogens is 410 g/mol. The number of carbonyl (C=O) groups is 3. The van der Waals surface area contributed by atoms with Crippen LogP contribution in [0.25, 0.3) is 6.08 Å². The van der Waals surface area contributed by atoms with Crippen LogP contribution in [0.3, 0.4) is 0 Å². The van der Waals surface area contributed by atoms with Gasteiger partial charge in [0.05, 0.1) is 5.92 Å². The average Bonchev–Trinajstić information content (AvgIpc) is 3.34. The van der Waals surface area contributed by atoms with E-state index in [4.69, 9.17) is 4.74 Å². The Hall–Kier alpha value is -3.61. The van der Waals surface area contributed by atoms with Crippen molar-refractivity contribution in [3.8, 4) is 0 Å². The van der Waals surface area contributed by atoms with Crippen molar-refractivity contribution in [1.82, 2.24) is 5.32 Å². The lowest BCUT2D eigenvalue weighted by Crippen LogP contribution is -2.65. The highest BCUT2D eigenvalue weighted by molar-refractivity contribution is 5.92. The minimum absolute atomic E-state index is 0.0362. The van der Waals surface area contributed by atoms with Gasteiger partial charge in [-0.25, -0.2) is 9.59 Å². The molecule has 2 aliphatic carbocycles. The van der Waals surface area contributed by atoms with Crippen LogP contribution in [0.4, 0.5) is 4.79 Å². The van der Waals surface area contributed by atoms with Crippen molar-refractivity contribution < 1.29 is 29.3 Å². The van der Waals surface area contributed by atoms with E-state index < -0.39 is 35.4 Å². The van der Waals surface area contributed by atoms with E-state index in [0.717, 1.165) is 11.1 Å².